The highest BCUT2D eigenvalue weighted by molar-refractivity contribution is 5.92. The normalized spacial score (nSPS) is 12.4. The van der Waals surface area contributed by atoms with Crippen molar-refractivity contribution in [2.45, 2.75) is 45.4 Å². The highest BCUT2D eigenvalue weighted by Crippen LogP contribution is 2.23. The molecule has 1 amide bonds. The molecule has 0 spiro atoms. The van der Waals surface area contributed by atoms with E-state index in [1.54, 1.807) is 27.0 Å². The van der Waals surface area contributed by atoms with Gasteiger partial charge in [-0.1, -0.05) is 48.5 Å². The molecule has 1 unspecified atom stereocenters. The van der Waals surface area contributed by atoms with E-state index in [9.17, 15) is 14.7 Å². The van der Waals surface area contributed by atoms with Crippen LogP contribution in [0.25, 0.3) is 10.9 Å². The van der Waals surface area contributed by atoms with E-state index >= 15 is 0 Å². The van der Waals surface area contributed by atoms with Crippen LogP contribution in [0.1, 0.15) is 31.9 Å². The third-order valence-corrected chi connectivity index (χ3v) is 4.60. The average molecular weight is 424 g/mol. The molecule has 0 radical (unpaired) electrons. The van der Waals surface area contributed by atoms with E-state index in [1.165, 1.54) is 4.57 Å². The molecule has 0 bridgehead atoms. The molecule has 164 valence electrons. The number of aliphatic hydroxyl groups excluding tert-OH is 1. The van der Waals surface area contributed by atoms with Crippen LogP contribution < -0.4 is 5.32 Å². The van der Waals surface area contributed by atoms with Crippen LogP contribution >= 0.6 is 0 Å². The van der Waals surface area contributed by atoms with E-state index in [0.717, 1.165) is 16.5 Å². The number of rotatable bonds is 6. The number of hydrogen-bond donors (Lipinski definition) is 2. The number of aliphatic hydroxyl groups is 1. The quantitative estimate of drug-likeness (QED) is 0.617. The molecule has 1 aromatic heterocycles. The maximum absolute atomic E-state index is 12.7. The van der Waals surface area contributed by atoms with Crippen LogP contribution in [-0.4, -0.2) is 40.1 Å². The summed E-state index contributed by atoms with van der Waals surface area (Å²) in [6.45, 7) is 5.22. The van der Waals surface area contributed by atoms with Gasteiger partial charge in [0.15, 0.2) is 0 Å². The first kappa shape index (κ1) is 22.4. The summed E-state index contributed by atoms with van der Waals surface area (Å²) in [7, 11) is 0. The Morgan fingerprint density at radius 1 is 1.06 bits per heavy atom. The zero-order valence-electron chi connectivity index (χ0n) is 18.0. The van der Waals surface area contributed by atoms with Crippen molar-refractivity contribution in [2.75, 3.05) is 6.61 Å². The molecule has 7 nitrogen and oxygen atoms in total. The summed E-state index contributed by atoms with van der Waals surface area (Å²) in [4.78, 5) is 24.8. The molecule has 0 saturated heterocycles. The number of amides is 1. The predicted molar refractivity (Wildman–Crippen MR) is 118 cm³/mol. The molecule has 1 heterocycles. The number of nitrogens with one attached hydrogen (secondary N) is 1. The minimum Gasteiger partial charge on any atom is -0.444 e. The van der Waals surface area contributed by atoms with E-state index in [2.05, 4.69) is 5.32 Å². The molecule has 31 heavy (non-hydrogen) atoms. The van der Waals surface area contributed by atoms with Crippen LogP contribution in [0.4, 0.5) is 9.59 Å². The lowest BCUT2D eigenvalue weighted by Crippen LogP contribution is -2.42. The topological polar surface area (TPSA) is 89.8 Å². The Bertz CT molecular complexity index is 1040. The summed E-state index contributed by atoms with van der Waals surface area (Å²) in [6, 6.07) is 16.3. The highest BCUT2D eigenvalue weighted by Gasteiger charge is 2.22. The molecule has 0 saturated carbocycles. The molecule has 0 aliphatic heterocycles. The third-order valence-electron chi connectivity index (χ3n) is 4.60. The fourth-order valence-electron chi connectivity index (χ4n) is 3.25. The number of aromatic nitrogens is 1. The number of fused-ring (bicyclic) bond motifs is 1. The molecule has 0 aliphatic rings. The number of nitrogens with zero attached hydrogens (tertiary/aromatic N) is 1. The van der Waals surface area contributed by atoms with Gasteiger partial charge in [-0.05, 0) is 44.4 Å². The summed E-state index contributed by atoms with van der Waals surface area (Å²) in [5.41, 5.74) is 1.77. The van der Waals surface area contributed by atoms with Gasteiger partial charge >= 0.3 is 12.2 Å². The van der Waals surface area contributed by atoms with Crippen LogP contribution in [0, 0.1) is 0 Å². The van der Waals surface area contributed by atoms with Crippen molar-refractivity contribution in [2.24, 2.45) is 0 Å². The monoisotopic (exact) mass is 424 g/mol. The van der Waals surface area contributed by atoms with Crippen molar-refractivity contribution >= 4 is 23.1 Å². The van der Waals surface area contributed by atoms with Crippen LogP contribution in [-0.2, 0) is 22.5 Å². The number of hydrogen-bond acceptors (Lipinski definition) is 5. The number of carbonyl (C=O) groups excluding carboxylic acids is 2. The van der Waals surface area contributed by atoms with Crippen molar-refractivity contribution in [3.63, 3.8) is 0 Å². The average Bonchev–Trinajstić information content (AvgIpc) is 3.09. The van der Waals surface area contributed by atoms with Gasteiger partial charge in [0, 0.05) is 11.6 Å². The van der Waals surface area contributed by atoms with Gasteiger partial charge in [-0.2, -0.15) is 0 Å². The van der Waals surface area contributed by atoms with Gasteiger partial charge in [0.1, 0.15) is 12.2 Å². The first-order valence-electron chi connectivity index (χ1n) is 10.2. The molecule has 1 atom stereocenters. The van der Waals surface area contributed by atoms with E-state index < -0.39 is 23.8 Å². The van der Waals surface area contributed by atoms with Crippen molar-refractivity contribution in [1.82, 2.24) is 9.88 Å². The minimum atomic E-state index is -0.636. The minimum absolute atomic E-state index is 0.168. The number of alkyl carbamates (subject to hydrolysis) is 1. The van der Waals surface area contributed by atoms with Gasteiger partial charge in [-0.3, -0.25) is 4.57 Å². The van der Waals surface area contributed by atoms with Crippen LogP contribution in [0.2, 0.25) is 0 Å². The Morgan fingerprint density at radius 2 is 1.74 bits per heavy atom. The highest BCUT2D eigenvalue weighted by atomic mass is 16.6. The van der Waals surface area contributed by atoms with Crippen LogP contribution in [0.3, 0.4) is 0 Å². The molecule has 2 aromatic carbocycles. The molecular formula is C24H28N2O5. The fourth-order valence-corrected chi connectivity index (χ4v) is 3.25. The van der Waals surface area contributed by atoms with E-state index in [0.29, 0.717) is 11.9 Å². The number of para-hydroxylation sites is 1. The van der Waals surface area contributed by atoms with Crippen molar-refractivity contribution in [1.29, 1.82) is 0 Å². The van der Waals surface area contributed by atoms with Crippen molar-refractivity contribution in [3.8, 4) is 0 Å². The summed E-state index contributed by atoms with van der Waals surface area (Å²) in [6.07, 6.45) is 0.927. The molecule has 2 N–H and O–H groups in total. The van der Waals surface area contributed by atoms with Gasteiger partial charge in [0.25, 0.3) is 0 Å². The number of benzene rings is 2. The van der Waals surface area contributed by atoms with Crippen molar-refractivity contribution < 1.29 is 24.2 Å². The molecular weight excluding hydrogens is 396 g/mol. The summed E-state index contributed by atoms with van der Waals surface area (Å²) in [5, 5.41) is 13.3. The van der Waals surface area contributed by atoms with Crippen LogP contribution in [0.5, 0.6) is 0 Å². The van der Waals surface area contributed by atoms with Gasteiger partial charge in [0.05, 0.1) is 18.2 Å². The van der Waals surface area contributed by atoms with Crippen LogP contribution in [0.15, 0.2) is 60.8 Å². The molecule has 3 aromatic rings. The summed E-state index contributed by atoms with van der Waals surface area (Å²) < 4.78 is 12.2. The standard InChI is InChI=1S/C24H28N2O5/c1-24(2,3)31-22(28)25-19(15-27)13-18-14-26(21-12-8-7-11-20(18)21)23(29)30-16-17-9-5-4-6-10-17/h4-12,14,19,27H,13,15-16H2,1-3H3,(H,25,28). The first-order chi connectivity index (χ1) is 14.8. The lowest BCUT2D eigenvalue weighted by atomic mass is 10.1. The summed E-state index contributed by atoms with van der Waals surface area (Å²) >= 11 is 0. The zero-order valence-corrected chi connectivity index (χ0v) is 18.0. The Balaban J connectivity index is 1.76. The number of carbonyl (C=O) groups is 2. The van der Waals surface area contributed by atoms with E-state index in [4.69, 9.17) is 9.47 Å². The zero-order chi connectivity index (χ0) is 22.4. The van der Waals surface area contributed by atoms with Gasteiger partial charge < -0.3 is 19.9 Å². The molecule has 0 aliphatic carbocycles. The van der Waals surface area contributed by atoms with Crippen molar-refractivity contribution in [3.05, 3.63) is 71.9 Å². The number of ether oxygens (including phenoxy) is 2. The van der Waals surface area contributed by atoms with Gasteiger partial charge in [-0.15, -0.1) is 0 Å². The Kier molecular flexibility index (Phi) is 6.97. The predicted octanol–water partition coefficient (Wildman–Crippen LogP) is 4.25. The maximum Gasteiger partial charge on any atom is 0.418 e. The Hall–Kier alpha value is -3.32. The first-order valence-corrected chi connectivity index (χ1v) is 10.2. The third kappa shape index (κ3) is 6.08. The summed E-state index contributed by atoms with van der Waals surface area (Å²) in [5.74, 6) is 0. The fraction of sp³-hybridized carbons (Fsp3) is 0.333. The molecule has 0 fully saturated rings. The lowest BCUT2D eigenvalue weighted by Gasteiger charge is -2.22. The largest absolute Gasteiger partial charge is 0.444 e. The molecule has 3 rings (SSSR count). The second-order valence-electron chi connectivity index (χ2n) is 8.31. The SMILES string of the molecule is CC(C)(C)OC(=O)NC(CO)Cc1cn(C(=O)OCc2ccccc2)c2ccccc12. The Morgan fingerprint density at radius 3 is 2.42 bits per heavy atom. The second kappa shape index (κ2) is 9.66. The molecule has 7 heteroatoms. The lowest BCUT2D eigenvalue weighted by molar-refractivity contribution is 0.0482. The van der Waals surface area contributed by atoms with E-state index in [-0.39, 0.29) is 13.2 Å². The Labute approximate surface area is 181 Å². The van der Waals surface area contributed by atoms with Gasteiger partial charge in [-0.25, -0.2) is 9.59 Å². The maximum atomic E-state index is 12.7. The van der Waals surface area contributed by atoms with E-state index in [1.807, 2.05) is 54.6 Å². The van der Waals surface area contributed by atoms with Gasteiger partial charge in [0.2, 0.25) is 0 Å². The second-order valence-corrected chi connectivity index (χ2v) is 8.31. The smallest absolute Gasteiger partial charge is 0.418 e.